The normalized spacial score (nSPS) is 11.1. The molecular weight excluding hydrogens is 262 g/mol. The monoisotopic (exact) mass is 277 g/mol. The lowest BCUT2D eigenvalue weighted by Crippen LogP contribution is -2.23. The van der Waals surface area contributed by atoms with Crippen LogP contribution in [0.25, 0.3) is 0 Å². The van der Waals surface area contributed by atoms with Crippen molar-refractivity contribution in [3.8, 4) is 17.6 Å². The molecular formula is C14H15NO5. The van der Waals surface area contributed by atoms with Gasteiger partial charge in [-0.25, -0.2) is 4.79 Å². The second-order valence-corrected chi connectivity index (χ2v) is 3.76. The highest BCUT2D eigenvalue weighted by atomic mass is 16.5. The molecule has 0 bridgehead atoms. The zero-order chi connectivity index (χ0) is 15.1. The zero-order valence-electron chi connectivity index (χ0n) is 11.5. The van der Waals surface area contributed by atoms with E-state index in [2.05, 4.69) is 4.74 Å². The van der Waals surface area contributed by atoms with Crippen molar-refractivity contribution in [1.82, 2.24) is 0 Å². The first-order valence-electron chi connectivity index (χ1n) is 5.91. The minimum Gasteiger partial charge on any atom is -0.493 e. The predicted molar refractivity (Wildman–Crippen MR) is 69.5 cm³/mol. The molecule has 0 N–H and O–H groups in total. The molecule has 6 heteroatoms. The number of esters is 1. The lowest BCUT2D eigenvalue weighted by atomic mass is 9.95. The fourth-order valence-electron chi connectivity index (χ4n) is 1.64. The van der Waals surface area contributed by atoms with Crippen LogP contribution in [0.1, 0.15) is 18.4 Å². The summed E-state index contributed by atoms with van der Waals surface area (Å²) in [5.41, 5.74) is 0.350. The van der Waals surface area contributed by atoms with Gasteiger partial charge in [-0.2, -0.15) is 5.26 Å². The van der Waals surface area contributed by atoms with Gasteiger partial charge in [-0.15, -0.1) is 0 Å². The molecule has 0 saturated carbocycles. The summed E-state index contributed by atoms with van der Waals surface area (Å²) >= 11 is 0. The van der Waals surface area contributed by atoms with Crippen LogP contribution < -0.4 is 9.47 Å². The molecule has 0 aliphatic rings. The molecule has 1 aromatic carbocycles. The van der Waals surface area contributed by atoms with Gasteiger partial charge in [-0.3, -0.25) is 4.79 Å². The van der Waals surface area contributed by atoms with Crippen LogP contribution in [-0.2, 0) is 14.3 Å². The van der Waals surface area contributed by atoms with Crippen LogP contribution in [0.15, 0.2) is 18.2 Å². The highest BCUT2D eigenvalue weighted by Gasteiger charge is 2.28. The number of benzene rings is 1. The minimum atomic E-state index is -1.23. The van der Waals surface area contributed by atoms with Gasteiger partial charge in [0.25, 0.3) is 5.78 Å². The van der Waals surface area contributed by atoms with Crippen molar-refractivity contribution in [2.75, 3.05) is 20.8 Å². The molecule has 6 nitrogen and oxygen atoms in total. The van der Waals surface area contributed by atoms with Gasteiger partial charge in [0.05, 0.1) is 26.9 Å². The van der Waals surface area contributed by atoms with Crippen LogP contribution in [-0.4, -0.2) is 32.6 Å². The fraction of sp³-hybridized carbons (Fsp3) is 0.357. The molecule has 0 spiro atoms. The van der Waals surface area contributed by atoms with E-state index >= 15 is 0 Å². The van der Waals surface area contributed by atoms with Crippen LogP contribution in [0.3, 0.4) is 0 Å². The lowest BCUT2D eigenvalue weighted by Gasteiger charge is -2.12. The highest BCUT2D eigenvalue weighted by Crippen LogP contribution is 2.30. The van der Waals surface area contributed by atoms with E-state index in [4.69, 9.17) is 14.7 Å². The molecule has 0 amide bonds. The maximum atomic E-state index is 11.8. The van der Waals surface area contributed by atoms with Crippen LogP contribution in [0.5, 0.6) is 11.5 Å². The average molecular weight is 277 g/mol. The Hall–Kier alpha value is -2.55. The molecule has 106 valence electrons. The fourth-order valence-corrected chi connectivity index (χ4v) is 1.64. The number of carbonyl (C=O) groups excluding carboxylic acids is 2. The Labute approximate surface area is 116 Å². The van der Waals surface area contributed by atoms with Gasteiger partial charge < -0.3 is 14.2 Å². The first-order chi connectivity index (χ1) is 9.58. The van der Waals surface area contributed by atoms with E-state index in [1.165, 1.54) is 26.4 Å². The van der Waals surface area contributed by atoms with Gasteiger partial charge in [-0.1, -0.05) is 6.07 Å². The molecule has 0 heterocycles. The van der Waals surface area contributed by atoms with Crippen molar-refractivity contribution in [2.45, 2.75) is 12.8 Å². The van der Waals surface area contributed by atoms with Crippen molar-refractivity contribution in [3.05, 3.63) is 23.8 Å². The van der Waals surface area contributed by atoms with Crippen molar-refractivity contribution in [2.24, 2.45) is 0 Å². The second kappa shape index (κ2) is 7.14. The van der Waals surface area contributed by atoms with Crippen molar-refractivity contribution in [3.63, 3.8) is 0 Å². The maximum Gasteiger partial charge on any atom is 0.376 e. The molecule has 0 radical (unpaired) electrons. The highest BCUT2D eigenvalue weighted by molar-refractivity contribution is 6.36. The predicted octanol–water partition coefficient (Wildman–Crippen LogP) is 1.44. The zero-order valence-corrected chi connectivity index (χ0v) is 11.5. The molecule has 1 rings (SSSR count). The number of hydrogen-bond donors (Lipinski definition) is 0. The Balaban J connectivity index is 3.10. The summed E-state index contributed by atoms with van der Waals surface area (Å²) in [6.07, 6.45) is 0. The Morgan fingerprint density at radius 2 is 1.90 bits per heavy atom. The van der Waals surface area contributed by atoms with Crippen molar-refractivity contribution < 1.29 is 23.8 Å². The van der Waals surface area contributed by atoms with E-state index in [9.17, 15) is 9.59 Å². The van der Waals surface area contributed by atoms with Crippen molar-refractivity contribution >= 4 is 11.8 Å². The quantitative estimate of drug-likeness (QED) is 0.577. The van der Waals surface area contributed by atoms with E-state index in [-0.39, 0.29) is 6.61 Å². The summed E-state index contributed by atoms with van der Waals surface area (Å²) in [5, 5.41) is 9.11. The topological polar surface area (TPSA) is 85.6 Å². The minimum absolute atomic E-state index is 0.0780. The summed E-state index contributed by atoms with van der Waals surface area (Å²) in [4.78, 5) is 23.3. The maximum absolute atomic E-state index is 11.8. The Bertz CT molecular complexity index is 547. The van der Waals surface area contributed by atoms with Gasteiger partial charge in [0.1, 0.15) is 5.92 Å². The number of hydrogen-bond acceptors (Lipinski definition) is 6. The Morgan fingerprint density at radius 1 is 1.25 bits per heavy atom. The van der Waals surface area contributed by atoms with Gasteiger partial charge in [0.2, 0.25) is 0 Å². The molecule has 0 aliphatic heterocycles. The molecule has 0 saturated heterocycles. The van der Waals surface area contributed by atoms with Crippen LogP contribution in [0.2, 0.25) is 0 Å². The third kappa shape index (κ3) is 3.26. The van der Waals surface area contributed by atoms with Gasteiger partial charge >= 0.3 is 5.97 Å². The van der Waals surface area contributed by atoms with Gasteiger partial charge in [-0.05, 0) is 24.6 Å². The number of nitrogens with zero attached hydrogens (tertiary/aromatic N) is 1. The summed E-state index contributed by atoms with van der Waals surface area (Å²) in [6, 6.07) is 6.39. The molecule has 0 aliphatic carbocycles. The molecule has 1 atom stereocenters. The lowest BCUT2D eigenvalue weighted by molar-refractivity contribution is -0.153. The summed E-state index contributed by atoms with van der Waals surface area (Å²) in [6.45, 7) is 1.66. The first kappa shape index (κ1) is 15.5. The number of rotatable bonds is 6. The Morgan fingerprint density at radius 3 is 2.40 bits per heavy atom. The van der Waals surface area contributed by atoms with E-state index in [1.54, 1.807) is 19.1 Å². The van der Waals surface area contributed by atoms with E-state index in [0.29, 0.717) is 17.1 Å². The standard InChI is InChI=1S/C14H15NO5/c1-4-20-14(17)13(16)10(8-15)9-5-6-11(18-2)12(7-9)19-3/h5-7,10H,4H2,1-3H3. The van der Waals surface area contributed by atoms with Crippen LogP contribution in [0.4, 0.5) is 0 Å². The molecule has 0 aromatic heterocycles. The summed E-state index contributed by atoms with van der Waals surface area (Å²) in [5.74, 6) is -2.30. The second-order valence-electron chi connectivity index (χ2n) is 3.76. The largest absolute Gasteiger partial charge is 0.493 e. The SMILES string of the molecule is CCOC(=O)C(=O)C(C#N)c1ccc(OC)c(OC)c1. The van der Waals surface area contributed by atoms with E-state index in [0.717, 1.165) is 0 Å². The third-order valence-electron chi connectivity index (χ3n) is 2.61. The average Bonchev–Trinajstić information content (AvgIpc) is 2.47. The summed E-state index contributed by atoms with van der Waals surface area (Å²) < 4.78 is 14.8. The smallest absolute Gasteiger partial charge is 0.376 e. The number of carbonyl (C=O) groups is 2. The number of nitriles is 1. The molecule has 0 fully saturated rings. The molecule has 20 heavy (non-hydrogen) atoms. The third-order valence-corrected chi connectivity index (χ3v) is 2.61. The van der Waals surface area contributed by atoms with Crippen molar-refractivity contribution in [1.29, 1.82) is 5.26 Å². The number of Topliss-reactive ketones (excluding diaryl/α,β-unsaturated/α-hetero) is 1. The molecule has 1 unspecified atom stereocenters. The number of ether oxygens (including phenoxy) is 3. The van der Waals surface area contributed by atoms with E-state index < -0.39 is 17.7 Å². The van der Waals surface area contributed by atoms with Gasteiger partial charge in [0.15, 0.2) is 11.5 Å². The first-order valence-corrected chi connectivity index (χ1v) is 5.91. The Kier molecular flexibility index (Phi) is 5.54. The van der Waals surface area contributed by atoms with Crippen LogP contribution in [0, 0.1) is 11.3 Å². The van der Waals surface area contributed by atoms with Gasteiger partial charge in [0, 0.05) is 0 Å². The molecule has 1 aromatic rings. The van der Waals surface area contributed by atoms with E-state index in [1.807, 2.05) is 0 Å². The number of ketones is 1. The van der Waals surface area contributed by atoms with Crippen LogP contribution >= 0.6 is 0 Å². The summed E-state index contributed by atoms with van der Waals surface area (Å²) in [7, 11) is 2.92. The number of methoxy groups -OCH3 is 2.